The molecule has 0 aliphatic rings. The third-order valence-corrected chi connectivity index (χ3v) is 3.12. The molecule has 0 unspecified atom stereocenters. The van der Waals surface area contributed by atoms with Gasteiger partial charge in [0.2, 0.25) is 0 Å². The maximum Gasteiger partial charge on any atom is 0.357 e. The van der Waals surface area contributed by atoms with Crippen molar-refractivity contribution in [2.45, 2.75) is 4.90 Å². The zero-order valence-electron chi connectivity index (χ0n) is 5.39. The quantitative estimate of drug-likeness (QED) is 0.755. The summed E-state index contributed by atoms with van der Waals surface area (Å²) in [5, 5.41) is 9.51. The van der Waals surface area contributed by atoms with Crippen LogP contribution in [-0.2, 0) is 9.05 Å². The molecule has 0 aromatic carbocycles. The Morgan fingerprint density at radius 3 is 2.58 bits per heavy atom. The first-order valence-corrected chi connectivity index (χ1v) is 5.70. The van der Waals surface area contributed by atoms with Gasteiger partial charge in [-0.2, -0.15) is 4.37 Å². The lowest BCUT2D eigenvalue weighted by atomic mass is 10.4. The SMILES string of the molecule is O=C(O)c1nscc1S(=O)(=O)Cl. The van der Waals surface area contributed by atoms with E-state index in [9.17, 15) is 13.2 Å². The van der Waals surface area contributed by atoms with Gasteiger partial charge in [-0.1, -0.05) is 0 Å². The van der Waals surface area contributed by atoms with Gasteiger partial charge in [-0.15, -0.1) is 0 Å². The highest BCUT2D eigenvalue weighted by molar-refractivity contribution is 8.13. The number of aromatic nitrogens is 1. The fourth-order valence-corrected chi connectivity index (χ4v) is 2.64. The summed E-state index contributed by atoms with van der Waals surface area (Å²) in [5.74, 6) is -1.41. The van der Waals surface area contributed by atoms with Gasteiger partial charge in [0.1, 0.15) is 4.90 Å². The number of carboxylic acids is 1. The maximum atomic E-state index is 10.7. The summed E-state index contributed by atoms with van der Waals surface area (Å²) in [7, 11) is 0.929. The largest absolute Gasteiger partial charge is 0.476 e. The minimum atomic E-state index is -4.00. The molecule has 1 aromatic rings. The van der Waals surface area contributed by atoms with E-state index in [0.717, 1.165) is 16.9 Å². The fourth-order valence-electron chi connectivity index (χ4n) is 0.545. The summed E-state index contributed by atoms with van der Waals surface area (Å²) in [6, 6.07) is 0. The molecular formula is C4H2ClNO4S2. The molecule has 1 aromatic heterocycles. The van der Waals surface area contributed by atoms with E-state index in [4.69, 9.17) is 15.8 Å². The number of hydrogen-bond acceptors (Lipinski definition) is 5. The van der Waals surface area contributed by atoms with Crippen LogP contribution in [0.25, 0.3) is 0 Å². The first-order valence-electron chi connectivity index (χ1n) is 2.55. The van der Waals surface area contributed by atoms with Crippen molar-refractivity contribution in [3.63, 3.8) is 0 Å². The van der Waals surface area contributed by atoms with Crippen LogP contribution in [0.3, 0.4) is 0 Å². The zero-order chi connectivity index (χ0) is 9.35. The second-order valence-corrected chi connectivity index (χ2v) is 4.93. The highest BCUT2D eigenvalue weighted by Gasteiger charge is 2.22. The number of hydrogen-bond donors (Lipinski definition) is 1. The molecule has 0 radical (unpaired) electrons. The standard InChI is InChI=1S/C4H2ClNO4S2/c5-12(9,10)2-1-11-6-3(2)4(7)8/h1H,(H,7,8). The van der Waals surface area contributed by atoms with Gasteiger partial charge in [0.05, 0.1) is 0 Å². The predicted octanol–water partition coefficient (Wildman–Crippen LogP) is 0.769. The second kappa shape index (κ2) is 3.00. The normalized spacial score (nSPS) is 11.4. The first-order chi connectivity index (χ1) is 5.43. The van der Waals surface area contributed by atoms with Gasteiger partial charge in [-0.25, -0.2) is 13.2 Å². The molecule has 8 heteroatoms. The number of halogens is 1. The van der Waals surface area contributed by atoms with E-state index in [1.54, 1.807) is 0 Å². The van der Waals surface area contributed by atoms with Gasteiger partial charge in [0, 0.05) is 16.1 Å². The number of carboxylic acid groups (broad SMARTS) is 1. The topological polar surface area (TPSA) is 84.3 Å². The Kier molecular flexibility index (Phi) is 2.36. The molecule has 0 spiro atoms. The Morgan fingerprint density at radius 1 is 1.67 bits per heavy atom. The van der Waals surface area contributed by atoms with E-state index < -0.39 is 25.6 Å². The molecule has 1 rings (SSSR count). The molecule has 0 saturated carbocycles. The van der Waals surface area contributed by atoms with Crippen LogP contribution in [0, 0.1) is 0 Å². The molecule has 0 saturated heterocycles. The molecule has 0 amide bonds. The summed E-state index contributed by atoms with van der Waals surface area (Å²) in [6.07, 6.45) is 0. The third kappa shape index (κ3) is 1.74. The van der Waals surface area contributed by atoms with Crippen molar-refractivity contribution in [3.05, 3.63) is 11.1 Å². The number of nitrogens with zero attached hydrogens (tertiary/aromatic N) is 1. The van der Waals surface area contributed by atoms with Crippen molar-refractivity contribution >= 4 is 37.2 Å². The Bertz CT molecular complexity index is 408. The highest BCUT2D eigenvalue weighted by atomic mass is 35.7. The van der Waals surface area contributed by atoms with E-state index in [1.807, 2.05) is 0 Å². The fraction of sp³-hybridized carbons (Fsp3) is 0. The summed E-state index contributed by atoms with van der Waals surface area (Å²) >= 11 is 0.727. The first kappa shape index (κ1) is 9.43. The van der Waals surface area contributed by atoms with Crippen molar-refractivity contribution in [2.24, 2.45) is 0 Å². The molecule has 0 fully saturated rings. The number of carbonyl (C=O) groups is 1. The molecule has 66 valence electrons. The summed E-state index contributed by atoms with van der Waals surface area (Å²) in [5.41, 5.74) is -0.532. The van der Waals surface area contributed by atoms with Crippen LogP contribution >= 0.6 is 22.2 Å². The molecular weight excluding hydrogens is 226 g/mol. The Morgan fingerprint density at radius 2 is 2.25 bits per heavy atom. The van der Waals surface area contributed by atoms with Crippen molar-refractivity contribution in [1.82, 2.24) is 4.37 Å². The Hall–Kier alpha value is -0.660. The number of rotatable bonds is 2. The molecule has 1 heterocycles. The molecule has 1 N–H and O–H groups in total. The Balaban J connectivity index is 3.36. The molecule has 5 nitrogen and oxygen atoms in total. The van der Waals surface area contributed by atoms with E-state index >= 15 is 0 Å². The molecule has 12 heavy (non-hydrogen) atoms. The lowest BCUT2D eigenvalue weighted by molar-refractivity contribution is 0.0687. The average Bonchev–Trinajstić information content (AvgIpc) is 2.30. The highest BCUT2D eigenvalue weighted by Crippen LogP contribution is 2.20. The van der Waals surface area contributed by atoms with E-state index in [-0.39, 0.29) is 0 Å². The molecule has 0 bridgehead atoms. The van der Waals surface area contributed by atoms with Crippen LogP contribution in [0.5, 0.6) is 0 Å². The lowest BCUT2D eigenvalue weighted by Gasteiger charge is -1.90. The summed E-state index contributed by atoms with van der Waals surface area (Å²) < 4.78 is 24.7. The van der Waals surface area contributed by atoms with Crippen LogP contribution in [0.2, 0.25) is 0 Å². The van der Waals surface area contributed by atoms with E-state index in [2.05, 4.69) is 4.37 Å². The molecule has 0 aliphatic carbocycles. The smallest absolute Gasteiger partial charge is 0.357 e. The predicted molar refractivity (Wildman–Crippen MR) is 42.1 cm³/mol. The van der Waals surface area contributed by atoms with Gasteiger partial charge in [-0.05, 0) is 11.5 Å². The molecule has 0 aliphatic heterocycles. The second-order valence-electron chi connectivity index (χ2n) is 1.77. The van der Waals surface area contributed by atoms with Crippen LogP contribution in [0.4, 0.5) is 0 Å². The van der Waals surface area contributed by atoms with E-state index in [0.29, 0.717) is 0 Å². The number of aromatic carboxylic acids is 1. The minimum absolute atomic E-state index is 0.457. The van der Waals surface area contributed by atoms with Crippen LogP contribution in [-0.4, -0.2) is 23.9 Å². The van der Waals surface area contributed by atoms with Gasteiger partial charge >= 0.3 is 5.97 Å². The summed E-state index contributed by atoms with van der Waals surface area (Å²) in [6.45, 7) is 0. The van der Waals surface area contributed by atoms with Gasteiger partial charge in [0.15, 0.2) is 5.69 Å². The van der Waals surface area contributed by atoms with Crippen molar-refractivity contribution < 1.29 is 18.3 Å². The van der Waals surface area contributed by atoms with Crippen molar-refractivity contribution in [1.29, 1.82) is 0 Å². The monoisotopic (exact) mass is 227 g/mol. The van der Waals surface area contributed by atoms with Crippen LogP contribution < -0.4 is 0 Å². The summed E-state index contributed by atoms with van der Waals surface area (Å²) in [4.78, 5) is 9.89. The van der Waals surface area contributed by atoms with Crippen molar-refractivity contribution in [3.8, 4) is 0 Å². The third-order valence-electron chi connectivity index (χ3n) is 1.00. The zero-order valence-corrected chi connectivity index (χ0v) is 7.78. The average molecular weight is 228 g/mol. The lowest BCUT2D eigenvalue weighted by Crippen LogP contribution is -2.02. The van der Waals surface area contributed by atoms with Crippen LogP contribution in [0.1, 0.15) is 10.5 Å². The van der Waals surface area contributed by atoms with Gasteiger partial charge in [0.25, 0.3) is 9.05 Å². The van der Waals surface area contributed by atoms with E-state index in [1.165, 1.54) is 0 Å². The van der Waals surface area contributed by atoms with Gasteiger partial charge in [-0.3, -0.25) is 0 Å². The van der Waals surface area contributed by atoms with Gasteiger partial charge < -0.3 is 5.11 Å². The minimum Gasteiger partial charge on any atom is -0.476 e. The maximum absolute atomic E-state index is 10.7. The van der Waals surface area contributed by atoms with Crippen LogP contribution in [0.15, 0.2) is 10.3 Å². The Labute approximate surface area is 76.2 Å². The molecule has 0 atom stereocenters. The van der Waals surface area contributed by atoms with Crippen molar-refractivity contribution in [2.75, 3.05) is 0 Å².